The van der Waals surface area contributed by atoms with Crippen LogP contribution in [-0.2, 0) is 16.3 Å². The van der Waals surface area contributed by atoms with Crippen molar-refractivity contribution in [2.75, 3.05) is 31.1 Å². The van der Waals surface area contributed by atoms with Crippen molar-refractivity contribution >= 4 is 26.8 Å². The molecule has 3 rings (SSSR count). The lowest BCUT2D eigenvalue weighted by Gasteiger charge is -2.22. The van der Waals surface area contributed by atoms with Gasteiger partial charge < -0.3 is 15.2 Å². The third-order valence-electron chi connectivity index (χ3n) is 4.39. The number of nitrogens with one attached hydrogen (secondary N) is 2. The normalized spacial score (nSPS) is 20.7. The van der Waals surface area contributed by atoms with Crippen molar-refractivity contribution in [2.24, 2.45) is 5.92 Å². The molecule has 2 amide bonds. The highest BCUT2D eigenvalue weighted by Gasteiger charge is 2.26. The number of rotatable bonds is 3. The van der Waals surface area contributed by atoms with E-state index in [-0.39, 0.29) is 30.0 Å². The summed E-state index contributed by atoms with van der Waals surface area (Å²) >= 11 is 0. The number of urea groups is 1. The third kappa shape index (κ3) is 3.90. The van der Waals surface area contributed by atoms with Gasteiger partial charge in [0.15, 0.2) is 9.84 Å². The van der Waals surface area contributed by atoms with Gasteiger partial charge in [0.05, 0.1) is 11.5 Å². The molecule has 1 fully saturated rings. The van der Waals surface area contributed by atoms with Crippen molar-refractivity contribution in [3.8, 4) is 0 Å². The minimum absolute atomic E-state index is 0.0307. The molecular weight excluding hydrogens is 326 g/mol. The summed E-state index contributed by atoms with van der Waals surface area (Å²) < 4.78 is 23.6. The van der Waals surface area contributed by atoms with E-state index in [4.69, 9.17) is 0 Å². The minimum Gasteiger partial charge on any atom is -0.361 e. The molecule has 1 aromatic carbocycles. The summed E-state index contributed by atoms with van der Waals surface area (Å²) in [6.45, 7) is 3.15. The zero-order valence-electron chi connectivity index (χ0n) is 13.8. The van der Waals surface area contributed by atoms with E-state index < -0.39 is 9.84 Å². The van der Waals surface area contributed by atoms with Gasteiger partial charge in [-0.2, -0.15) is 0 Å². The molecule has 1 aliphatic heterocycles. The molecular formula is C17H23N3O3S. The van der Waals surface area contributed by atoms with Crippen molar-refractivity contribution < 1.29 is 13.2 Å². The topological polar surface area (TPSA) is 82.3 Å². The maximum atomic E-state index is 12.3. The van der Waals surface area contributed by atoms with Crippen LogP contribution in [0.2, 0.25) is 0 Å². The van der Waals surface area contributed by atoms with E-state index in [9.17, 15) is 13.2 Å². The average Bonchev–Trinajstić information content (AvgIpc) is 2.94. The number of carbonyl (C=O) groups excluding carboxylic acids is 1. The molecule has 2 N–H and O–H groups in total. The van der Waals surface area contributed by atoms with Crippen molar-refractivity contribution in [2.45, 2.75) is 13.3 Å². The molecule has 2 heterocycles. The zero-order valence-corrected chi connectivity index (χ0v) is 14.6. The Morgan fingerprint density at radius 1 is 1.38 bits per heavy atom. The van der Waals surface area contributed by atoms with E-state index in [0.29, 0.717) is 13.1 Å². The van der Waals surface area contributed by atoms with E-state index >= 15 is 0 Å². The molecule has 1 unspecified atom stereocenters. The molecule has 0 aliphatic carbocycles. The lowest BCUT2D eigenvalue weighted by atomic mass is 10.1. The monoisotopic (exact) mass is 349 g/mol. The van der Waals surface area contributed by atoms with Gasteiger partial charge in [0.2, 0.25) is 0 Å². The molecule has 130 valence electrons. The van der Waals surface area contributed by atoms with E-state index in [2.05, 4.69) is 16.4 Å². The Labute approximate surface area is 142 Å². The summed E-state index contributed by atoms with van der Waals surface area (Å²) in [5, 5.41) is 4.08. The number of carbonyl (C=O) groups is 1. The average molecular weight is 349 g/mol. The molecule has 1 saturated heterocycles. The highest BCUT2D eigenvalue weighted by molar-refractivity contribution is 7.91. The van der Waals surface area contributed by atoms with Gasteiger partial charge in [0.25, 0.3) is 0 Å². The van der Waals surface area contributed by atoms with Crippen LogP contribution in [0, 0.1) is 5.92 Å². The molecule has 1 atom stereocenters. The molecule has 2 aromatic rings. The molecule has 0 bridgehead atoms. The van der Waals surface area contributed by atoms with Gasteiger partial charge in [-0.3, -0.25) is 0 Å². The first-order chi connectivity index (χ1) is 11.4. The first kappa shape index (κ1) is 16.8. The van der Waals surface area contributed by atoms with Crippen LogP contribution in [0.5, 0.6) is 0 Å². The number of fused-ring (bicyclic) bond motifs is 1. The number of nitrogens with zero attached hydrogens (tertiary/aromatic N) is 1. The second kappa shape index (κ2) is 6.84. The van der Waals surface area contributed by atoms with Gasteiger partial charge >= 0.3 is 6.03 Å². The summed E-state index contributed by atoms with van der Waals surface area (Å²) in [6.07, 6.45) is 2.65. The Hall–Kier alpha value is -2.02. The SMILES string of the molecule is CC1CN(C(=O)NCCc2cccc3[nH]ccc23)CCS(=O)(=O)C1. The number of hydrogen-bond donors (Lipinski definition) is 2. The van der Waals surface area contributed by atoms with E-state index in [1.165, 1.54) is 10.9 Å². The Balaban J connectivity index is 1.56. The van der Waals surface area contributed by atoms with Crippen molar-refractivity contribution in [3.05, 3.63) is 36.0 Å². The molecule has 0 radical (unpaired) electrons. The molecule has 1 aromatic heterocycles. The fourth-order valence-electron chi connectivity index (χ4n) is 3.26. The maximum absolute atomic E-state index is 12.3. The summed E-state index contributed by atoms with van der Waals surface area (Å²) in [7, 11) is -3.04. The minimum atomic E-state index is -3.04. The molecule has 7 heteroatoms. The van der Waals surface area contributed by atoms with Crippen molar-refractivity contribution in [1.82, 2.24) is 15.2 Å². The summed E-state index contributed by atoms with van der Waals surface area (Å²) in [5.74, 6) is 0.177. The van der Waals surface area contributed by atoms with Crippen molar-refractivity contribution in [1.29, 1.82) is 0 Å². The van der Waals surface area contributed by atoms with Crippen molar-refractivity contribution in [3.63, 3.8) is 0 Å². The Kier molecular flexibility index (Phi) is 4.80. The first-order valence-corrected chi connectivity index (χ1v) is 10.0. The predicted octanol–water partition coefficient (Wildman–Crippen LogP) is 1.79. The largest absolute Gasteiger partial charge is 0.361 e. The maximum Gasteiger partial charge on any atom is 0.317 e. The summed E-state index contributed by atoms with van der Waals surface area (Å²) in [5.41, 5.74) is 2.27. The van der Waals surface area contributed by atoms with E-state index in [0.717, 1.165) is 11.9 Å². The van der Waals surface area contributed by atoms with Gasteiger partial charge in [0, 0.05) is 36.7 Å². The fraction of sp³-hybridized carbons (Fsp3) is 0.471. The smallest absolute Gasteiger partial charge is 0.317 e. The van der Waals surface area contributed by atoms with Gasteiger partial charge in [0.1, 0.15) is 0 Å². The molecule has 24 heavy (non-hydrogen) atoms. The van der Waals surface area contributed by atoms with Crippen LogP contribution >= 0.6 is 0 Å². The number of aromatic nitrogens is 1. The number of H-pyrrole nitrogens is 1. The van der Waals surface area contributed by atoms with E-state index in [1.807, 2.05) is 31.3 Å². The molecule has 0 spiro atoms. The second-order valence-corrected chi connectivity index (χ2v) is 8.73. The summed E-state index contributed by atoms with van der Waals surface area (Å²) in [4.78, 5) is 17.1. The van der Waals surface area contributed by atoms with Gasteiger partial charge in [-0.05, 0) is 30.0 Å². The molecule has 0 saturated carbocycles. The first-order valence-electron chi connectivity index (χ1n) is 8.23. The predicted molar refractivity (Wildman–Crippen MR) is 94.8 cm³/mol. The van der Waals surface area contributed by atoms with Crippen LogP contribution in [0.3, 0.4) is 0 Å². The number of sulfone groups is 1. The van der Waals surface area contributed by atoms with Crippen LogP contribution in [0.1, 0.15) is 12.5 Å². The van der Waals surface area contributed by atoms with Crippen LogP contribution in [0.4, 0.5) is 4.79 Å². The zero-order chi connectivity index (χ0) is 17.2. The van der Waals surface area contributed by atoms with Crippen LogP contribution < -0.4 is 5.32 Å². The quantitative estimate of drug-likeness (QED) is 0.886. The number of aromatic amines is 1. The lowest BCUT2D eigenvalue weighted by molar-refractivity contribution is 0.196. The Morgan fingerprint density at radius 3 is 3.04 bits per heavy atom. The Morgan fingerprint density at radius 2 is 2.21 bits per heavy atom. The number of hydrogen-bond acceptors (Lipinski definition) is 3. The number of benzene rings is 1. The highest BCUT2D eigenvalue weighted by atomic mass is 32.2. The standard InChI is InChI=1S/C17H23N3O3S/c1-13-11-20(9-10-24(22,23)12-13)17(21)19-7-5-14-3-2-4-16-15(14)6-8-18-16/h2-4,6,8,13,18H,5,7,9-12H2,1H3,(H,19,21). The second-order valence-electron chi connectivity index (χ2n) is 6.50. The third-order valence-corrected chi connectivity index (χ3v) is 6.27. The molecule has 1 aliphatic rings. The van der Waals surface area contributed by atoms with Crippen LogP contribution in [0.25, 0.3) is 10.9 Å². The van der Waals surface area contributed by atoms with Crippen LogP contribution in [0.15, 0.2) is 30.5 Å². The Bertz CT molecular complexity index is 828. The van der Waals surface area contributed by atoms with E-state index in [1.54, 1.807) is 4.90 Å². The molecule has 6 nitrogen and oxygen atoms in total. The van der Waals surface area contributed by atoms with Gasteiger partial charge in [-0.1, -0.05) is 19.1 Å². The summed E-state index contributed by atoms with van der Waals surface area (Å²) in [6, 6.07) is 7.94. The number of amides is 2. The van der Waals surface area contributed by atoms with Gasteiger partial charge in [-0.15, -0.1) is 0 Å². The highest BCUT2D eigenvalue weighted by Crippen LogP contribution is 2.17. The van der Waals surface area contributed by atoms with Gasteiger partial charge in [-0.25, -0.2) is 13.2 Å². The lowest BCUT2D eigenvalue weighted by Crippen LogP contribution is -2.43. The van der Waals surface area contributed by atoms with Crippen LogP contribution in [-0.4, -0.2) is 55.5 Å². The fourth-order valence-corrected chi connectivity index (χ4v) is 4.89.